The van der Waals surface area contributed by atoms with Crippen molar-refractivity contribution in [1.82, 2.24) is 0 Å². The first-order valence-corrected chi connectivity index (χ1v) is 6.03. The van der Waals surface area contributed by atoms with E-state index < -0.39 is 18.9 Å². The number of para-hydroxylation sites is 1. The molecule has 0 saturated carbocycles. The molecule has 0 saturated heterocycles. The molecule has 0 spiro atoms. The highest BCUT2D eigenvalue weighted by Gasteiger charge is 2.37. The topological polar surface area (TPSA) is 77.8 Å². The van der Waals surface area contributed by atoms with Crippen LogP contribution in [-0.4, -0.2) is 29.0 Å². The third-order valence-corrected chi connectivity index (χ3v) is 3.22. The van der Waals surface area contributed by atoms with Gasteiger partial charge in [-0.1, -0.05) is 24.3 Å². The Morgan fingerprint density at radius 2 is 1.55 bits per heavy atom. The van der Waals surface area contributed by atoms with E-state index in [-0.39, 0.29) is 19.4 Å². The molecule has 5 nitrogen and oxygen atoms in total. The minimum Gasteiger partial charge on any atom is -0.423 e. The molecule has 20 heavy (non-hydrogen) atoms. The minimum absolute atomic E-state index is 0. The van der Waals surface area contributed by atoms with Crippen molar-refractivity contribution in [3.63, 3.8) is 0 Å². The lowest BCUT2D eigenvalue weighted by atomic mass is 9.79. The smallest absolute Gasteiger partial charge is 0.423 e. The fraction of sp³-hybridized carbons (Fsp3) is 0. The summed E-state index contributed by atoms with van der Waals surface area (Å²) < 4.78 is 0. The molecule has 0 aromatic heterocycles. The summed E-state index contributed by atoms with van der Waals surface area (Å²) in [5.41, 5.74) is 1.12. The Bertz CT molecular complexity index is 709. The molecule has 0 aliphatic carbocycles. The molecular formula is C14H14BNO4. The maximum Gasteiger partial charge on any atom is 0.488 e. The second-order valence-electron chi connectivity index (χ2n) is 4.46. The van der Waals surface area contributed by atoms with E-state index >= 15 is 0 Å². The fourth-order valence-corrected chi connectivity index (χ4v) is 2.23. The summed E-state index contributed by atoms with van der Waals surface area (Å²) in [6.07, 6.45) is 0. The largest absolute Gasteiger partial charge is 0.488 e. The van der Waals surface area contributed by atoms with Crippen molar-refractivity contribution >= 4 is 30.1 Å². The Morgan fingerprint density at radius 3 is 2.20 bits per heavy atom. The number of hydrogen-bond acceptors (Lipinski definition) is 4. The van der Waals surface area contributed by atoms with Crippen molar-refractivity contribution in [2.45, 2.75) is 0 Å². The van der Waals surface area contributed by atoms with E-state index in [1.54, 1.807) is 30.3 Å². The van der Waals surface area contributed by atoms with Crippen LogP contribution in [-0.2, 0) is 0 Å². The number of rotatable bonds is 2. The normalized spacial score (nSPS) is 13.6. The van der Waals surface area contributed by atoms with E-state index in [1.807, 2.05) is 0 Å². The molecule has 2 aromatic carbocycles. The van der Waals surface area contributed by atoms with Gasteiger partial charge in [0.2, 0.25) is 0 Å². The number of anilines is 1. The molecule has 3 rings (SSSR count). The van der Waals surface area contributed by atoms with Gasteiger partial charge in [-0.25, -0.2) is 4.90 Å². The quantitative estimate of drug-likeness (QED) is 0.621. The summed E-state index contributed by atoms with van der Waals surface area (Å²) in [6.45, 7) is 0. The number of benzene rings is 2. The van der Waals surface area contributed by atoms with E-state index in [2.05, 4.69) is 0 Å². The van der Waals surface area contributed by atoms with Crippen molar-refractivity contribution in [3.8, 4) is 0 Å². The van der Waals surface area contributed by atoms with E-state index in [1.165, 1.54) is 18.2 Å². The monoisotopic (exact) mass is 271 g/mol. The maximum absolute atomic E-state index is 12.3. The first-order chi connectivity index (χ1) is 9.59. The first kappa shape index (κ1) is 12.6. The third kappa shape index (κ3) is 1.82. The van der Waals surface area contributed by atoms with Crippen molar-refractivity contribution in [2.75, 3.05) is 4.90 Å². The average Bonchev–Trinajstić information content (AvgIpc) is 2.71. The highest BCUT2D eigenvalue weighted by molar-refractivity contribution is 6.59. The van der Waals surface area contributed by atoms with Gasteiger partial charge in [0, 0.05) is 2.85 Å². The lowest BCUT2D eigenvalue weighted by molar-refractivity contribution is 0.0926. The molecule has 6 heteroatoms. The summed E-state index contributed by atoms with van der Waals surface area (Å²) >= 11 is 0. The van der Waals surface area contributed by atoms with Crippen LogP contribution in [0.2, 0.25) is 0 Å². The maximum atomic E-state index is 12.3. The van der Waals surface area contributed by atoms with E-state index in [9.17, 15) is 9.59 Å². The number of nitrogens with zero attached hydrogens (tertiary/aromatic N) is 1. The Kier molecular flexibility index (Phi) is 2.89. The second kappa shape index (κ2) is 4.59. The van der Waals surface area contributed by atoms with Gasteiger partial charge in [-0.2, -0.15) is 0 Å². The van der Waals surface area contributed by atoms with Crippen molar-refractivity contribution < 1.29 is 22.5 Å². The molecule has 2 amide bonds. The predicted octanol–water partition coefficient (Wildman–Crippen LogP) is 0.659. The molecule has 102 valence electrons. The highest BCUT2D eigenvalue weighted by atomic mass is 16.4. The molecule has 2 N–H and O–H groups in total. The van der Waals surface area contributed by atoms with Gasteiger partial charge in [0.15, 0.2) is 0 Å². The molecule has 2 aromatic rings. The van der Waals surface area contributed by atoms with Crippen molar-refractivity contribution in [1.29, 1.82) is 0 Å². The second-order valence-corrected chi connectivity index (χ2v) is 4.46. The zero-order chi connectivity index (χ0) is 14.3. The molecule has 0 fully saturated rings. The Hall–Kier alpha value is -2.44. The van der Waals surface area contributed by atoms with Gasteiger partial charge in [-0.3, -0.25) is 9.59 Å². The van der Waals surface area contributed by atoms with Crippen LogP contribution in [0, 0.1) is 0 Å². The Labute approximate surface area is 118 Å². The molecule has 1 aliphatic heterocycles. The minimum atomic E-state index is -1.67. The van der Waals surface area contributed by atoms with Crippen molar-refractivity contribution in [3.05, 3.63) is 59.7 Å². The van der Waals surface area contributed by atoms with Gasteiger partial charge in [-0.15, -0.1) is 0 Å². The van der Waals surface area contributed by atoms with Gasteiger partial charge < -0.3 is 10.0 Å². The van der Waals surface area contributed by atoms with Crippen LogP contribution in [0.4, 0.5) is 5.69 Å². The zero-order valence-electron chi connectivity index (χ0n) is 10.4. The number of carbonyl (C=O) groups is 2. The molecule has 0 atom stereocenters. The lowest BCUT2D eigenvalue weighted by Crippen LogP contribution is -2.31. The van der Waals surface area contributed by atoms with Gasteiger partial charge in [-0.05, 0) is 29.7 Å². The number of amides is 2. The van der Waals surface area contributed by atoms with Crippen LogP contribution in [0.25, 0.3) is 0 Å². The first-order valence-electron chi connectivity index (χ1n) is 6.03. The van der Waals surface area contributed by atoms with Gasteiger partial charge in [0.1, 0.15) is 0 Å². The molecule has 0 radical (unpaired) electrons. The van der Waals surface area contributed by atoms with Crippen LogP contribution < -0.4 is 10.4 Å². The van der Waals surface area contributed by atoms with Crippen molar-refractivity contribution in [2.24, 2.45) is 0 Å². The molecular weight excluding hydrogens is 257 g/mol. The fourth-order valence-electron chi connectivity index (χ4n) is 2.23. The summed E-state index contributed by atoms with van der Waals surface area (Å²) in [4.78, 5) is 25.7. The van der Waals surface area contributed by atoms with Crippen LogP contribution in [0.1, 0.15) is 23.6 Å². The van der Waals surface area contributed by atoms with E-state index in [4.69, 9.17) is 10.0 Å². The summed E-state index contributed by atoms with van der Waals surface area (Å²) in [5, 5.41) is 18.3. The average molecular weight is 271 g/mol. The van der Waals surface area contributed by atoms with Gasteiger partial charge >= 0.3 is 7.12 Å². The summed E-state index contributed by atoms with van der Waals surface area (Å²) in [7, 11) is -1.67. The standard InChI is InChI=1S/C14H10BNO4.2H2/c17-13-11-7-6-9(15(19)20)8-12(11)14(18)16(13)10-4-2-1-3-5-10;;/h1-8,19-20H;2*1H. The SMILES string of the molecule is O=C1c2ccc(B(O)O)cc2C(=O)N1c1ccccc1.[HH].[HH]. The summed E-state index contributed by atoms with van der Waals surface area (Å²) in [6, 6.07) is 12.8. The van der Waals surface area contributed by atoms with Gasteiger partial charge in [0.25, 0.3) is 11.8 Å². The van der Waals surface area contributed by atoms with Gasteiger partial charge in [0.05, 0.1) is 16.8 Å². The van der Waals surface area contributed by atoms with Crippen LogP contribution in [0.3, 0.4) is 0 Å². The summed E-state index contributed by atoms with van der Waals surface area (Å²) in [5.74, 6) is -0.867. The third-order valence-electron chi connectivity index (χ3n) is 3.22. The number of imide groups is 1. The number of carbonyl (C=O) groups excluding carboxylic acids is 2. The Balaban J connectivity index is 0.00000121. The Morgan fingerprint density at radius 1 is 0.900 bits per heavy atom. The van der Waals surface area contributed by atoms with E-state index in [0.717, 1.165) is 4.90 Å². The molecule has 1 aliphatic rings. The van der Waals surface area contributed by atoms with Crippen LogP contribution >= 0.6 is 0 Å². The number of fused-ring (bicyclic) bond motifs is 1. The zero-order valence-corrected chi connectivity index (χ0v) is 10.4. The number of hydrogen-bond donors (Lipinski definition) is 2. The van der Waals surface area contributed by atoms with Crippen LogP contribution in [0.15, 0.2) is 48.5 Å². The lowest BCUT2D eigenvalue weighted by Gasteiger charge is -2.13. The predicted molar refractivity (Wildman–Crippen MR) is 78.1 cm³/mol. The van der Waals surface area contributed by atoms with E-state index in [0.29, 0.717) is 5.69 Å². The highest BCUT2D eigenvalue weighted by Crippen LogP contribution is 2.27. The molecule has 1 heterocycles. The molecule has 0 unspecified atom stereocenters. The molecule has 0 bridgehead atoms. The van der Waals surface area contributed by atoms with Crippen LogP contribution in [0.5, 0.6) is 0 Å².